The molecule has 2 unspecified atom stereocenters. The number of piperidine rings is 1. The van der Waals surface area contributed by atoms with Crippen LogP contribution in [-0.4, -0.2) is 54.5 Å². The van der Waals surface area contributed by atoms with E-state index in [1.54, 1.807) is 0 Å². The SMILES string of the molecule is CC1CCCCN1C(=O)CN1CCC(CN)C1.Cl. The van der Waals surface area contributed by atoms with Crippen LogP contribution in [-0.2, 0) is 4.79 Å². The molecule has 2 aliphatic rings. The summed E-state index contributed by atoms with van der Waals surface area (Å²) in [6.07, 6.45) is 4.75. The van der Waals surface area contributed by atoms with Gasteiger partial charge >= 0.3 is 0 Å². The van der Waals surface area contributed by atoms with Crippen LogP contribution in [0.2, 0.25) is 0 Å². The van der Waals surface area contributed by atoms with E-state index in [1.807, 2.05) is 0 Å². The molecule has 2 atom stereocenters. The van der Waals surface area contributed by atoms with Crippen LogP contribution in [0, 0.1) is 5.92 Å². The second-order valence-corrected chi connectivity index (χ2v) is 5.56. The largest absolute Gasteiger partial charge is 0.339 e. The highest BCUT2D eigenvalue weighted by Crippen LogP contribution is 2.18. The number of carbonyl (C=O) groups excluding carboxylic acids is 1. The van der Waals surface area contributed by atoms with Gasteiger partial charge in [-0.15, -0.1) is 12.4 Å². The van der Waals surface area contributed by atoms with Crippen molar-refractivity contribution in [1.82, 2.24) is 9.80 Å². The van der Waals surface area contributed by atoms with Crippen LogP contribution in [0.25, 0.3) is 0 Å². The fourth-order valence-electron chi connectivity index (χ4n) is 3.00. The molecule has 0 aromatic rings. The number of hydrogen-bond donors (Lipinski definition) is 1. The standard InChI is InChI=1S/C13H25N3O.ClH/c1-11-4-2-3-6-16(11)13(17)10-15-7-5-12(8-14)9-15;/h11-12H,2-10,14H2,1H3;1H. The van der Waals surface area contributed by atoms with Gasteiger partial charge in [0.05, 0.1) is 6.54 Å². The number of nitrogens with zero attached hydrogens (tertiary/aromatic N) is 2. The Bertz CT molecular complexity index is 275. The van der Waals surface area contributed by atoms with Crippen LogP contribution in [0.1, 0.15) is 32.6 Å². The highest BCUT2D eigenvalue weighted by Gasteiger charge is 2.27. The van der Waals surface area contributed by atoms with Gasteiger partial charge in [-0.05, 0) is 51.6 Å². The van der Waals surface area contributed by atoms with Crippen molar-refractivity contribution < 1.29 is 4.79 Å². The predicted octanol–water partition coefficient (Wildman–Crippen LogP) is 1.09. The van der Waals surface area contributed by atoms with Gasteiger partial charge in [-0.3, -0.25) is 9.69 Å². The maximum absolute atomic E-state index is 12.2. The molecule has 0 radical (unpaired) electrons. The molecule has 0 aromatic carbocycles. The second-order valence-electron chi connectivity index (χ2n) is 5.56. The summed E-state index contributed by atoms with van der Waals surface area (Å²) in [4.78, 5) is 16.5. The lowest BCUT2D eigenvalue weighted by Gasteiger charge is -2.34. The molecule has 4 nitrogen and oxygen atoms in total. The third-order valence-electron chi connectivity index (χ3n) is 4.19. The summed E-state index contributed by atoms with van der Waals surface area (Å²) in [5, 5.41) is 0. The zero-order valence-corrected chi connectivity index (χ0v) is 12.1. The highest BCUT2D eigenvalue weighted by molar-refractivity contribution is 5.85. The zero-order valence-electron chi connectivity index (χ0n) is 11.3. The van der Waals surface area contributed by atoms with Crippen molar-refractivity contribution >= 4 is 18.3 Å². The van der Waals surface area contributed by atoms with E-state index in [2.05, 4.69) is 16.7 Å². The minimum Gasteiger partial charge on any atom is -0.339 e. The van der Waals surface area contributed by atoms with Gasteiger partial charge in [-0.25, -0.2) is 0 Å². The molecular formula is C13H26ClN3O. The molecule has 2 saturated heterocycles. The Morgan fingerprint density at radius 3 is 2.67 bits per heavy atom. The van der Waals surface area contributed by atoms with Crippen molar-refractivity contribution in [1.29, 1.82) is 0 Å². The molecule has 1 amide bonds. The first-order chi connectivity index (χ1) is 8.20. The van der Waals surface area contributed by atoms with E-state index >= 15 is 0 Å². The van der Waals surface area contributed by atoms with Crippen molar-refractivity contribution in [2.75, 3.05) is 32.7 Å². The van der Waals surface area contributed by atoms with Gasteiger partial charge in [-0.1, -0.05) is 0 Å². The number of halogens is 1. The molecule has 2 rings (SSSR count). The fourth-order valence-corrected chi connectivity index (χ4v) is 3.00. The van der Waals surface area contributed by atoms with E-state index in [4.69, 9.17) is 5.73 Å². The summed E-state index contributed by atoms with van der Waals surface area (Å²) in [6.45, 7) is 6.52. The lowest BCUT2D eigenvalue weighted by atomic mass is 10.0. The molecule has 106 valence electrons. The van der Waals surface area contributed by atoms with Gasteiger partial charge in [-0.2, -0.15) is 0 Å². The lowest BCUT2D eigenvalue weighted by molar-refractivity contribution is -0.135. The van der Waals surface area contributed by atoms with Crippen molar-refractivity contribution in [3.05, 3.63) is 0 Å². The zero-order chi connectivity index (χ0) is 12.3. The van der Waals surface area contributed by atoms with E-state index in [1.165, 1.54) is 12.8 Å². The molecule has 0 aromatic heterocycles. The van der Waals surface area contributed by atoms with Crippen molar-refractivity contribution in [3.63, 3.8) is 0 Å². The number of rotatable bonds is 3. The van der Waals surface area contributed by atoms with E-state index in [0.717, 1.165) is 39.0 Å². The van der Waals surface area contributed by atoms with E-state index in [9.17, 15) is 4.79 Å². The second kappa shape index (κ2) is 7.31. The summed E-state index contributed by atoms with van der Waals surface area (Å²) in [6, 6.07) is 0.434. The number of nitrogens with two attached hydrogens (primary N) is 1. The topological polar surface area (TPSA) is 49.6 Å². The summed E-state index contributed by atoms with van der Waals surface area (Å²) in [7, 11) is 0. The molecule has 2 fully saturated rings. The Morgan fingerprint density at radius 1 is 1.28 bits per heavy atom. The lowest BCUT2D eigenvalue weighted by Crippen LogP contribution is -2.46. The molecule has 0 aliphatic carbocycles. The van der Waals surface area contributed by atoms with Gasteiger partial charge in [0, 0.05) is 19.1 Å². The molecular weight excluding hydrogens is 250 g/mol. The minimum absolute atomic E-state index is 0. The molecule has 2 N–H and O–H groups in total. The Kier molecular flexibility index (Phi) is 6.39. The average molecular weight is 276 g/mol. The summed E-state index contributed by atoms with van der Waals surface area (Å²) in [5.41, 5.74) is 5.67. The van der Waals surface area contributed by atoms with Gasteiger partial charge in [0.15, 0.2) is 0 Å². The maximum atomic E-state index is 12.2. The Morgan fingerprint density at radius 2 is 2.06 bits per heavy atom. The Balaban J connectivity index is 0.00000162. The third-order valence-corrected chi connectivity index (χ3v) is 4.19. The van der Waals surface area contributed by atoms with Gasteiger partial charge in [0.25, 0.3) is 0 Å². The maximum Gasteiger partial charge on any atom is 0.236 e. The van der Waals surface area contributed by atoms with Crippen molar-refractivity contribution in [2.45, 2.75) is 38.6 Å². The number of carbonyl (C=O) groups is 1. The van der Waals surface area contributed by atoms with Crippen LogP contribution in [0.15, 0.2) is 0 Å². The normalized spacial score (nSPS) is 29.1. The first-order valence-corrected chi connectivity index (χ1v) is 6.92. The molecule has 5 heteroatoms. The van der Waals surface area contributed by atoms with Crippen molar-refractivity contribution in [2.24, 2.45) is 11.7 Å². The Labute approximate surface area is 116 Å². The van der Waals surface area contributed by atoms with Gasteiger partial charge in [0.1, 0.15) is 0 Å². The average Bonchev–Trinajstić information content (AvgIpc) is 2.77. The highest BCUT2D eigenvalue weighted by atomic mass is 35.5. The molecule has 0 saturated carbocycles. The van der Waals surface area contributed by atoms with Gasteiger partial charge < -0.3 is 10.6 Å². The Hall–Kier alpha value is -0.320. The van der Waals surface area contributed by atoms with Crippen LogP contribution in [0.5, 0.6) is 0 Å². The molecule has 2 aliphatic heterocycles. The summed E-state index contributed by atoms with van der Waals surface area (Å²) >= 11 is 0. The third kappa shape index (κ3) is 3.84. The predicted molar refractivity (Wildman–Crippen MR) is 75.9 cm³/mol. The van der Waals surface area contributed by atoms with Crippen LogP contribution < -0.4 is 5.73 Å². The van der Waals surface area contributed by atoms with E-state index in [-0.39, 0.29) is 12.4 Å². The summed E-state index contributed by atoms with van der Waals surface area (Å²) < 4.78 is 0. The molecule has 2 heterocycles. The molecule has 18 heavy (non-hydrogen) atoms. The van der Waals surface area contributed by atoms with Crippen molar-refractivity contribution in [3.8, 4) is 0 Å². The van der Waals surface area contributed by atoms with Crippen LogP contribution in [0.4, 0.5) is 0 Å². The van der Waals surface area contributed by atoms with E-state index < -0.39 is 0 Å². The first kappa shape index (κ1) is 15.7. The minimum atomic E-state index is 0. The summed E-state index contributed by atoms with van der Waals surface area (Å²) in [5.74, 6) is 0.913. The molecule has 0 spiro atoms. The molecule has 0 bridgehead atoms. The van der Waals surface area contributed by atoms with E-state index in [0.29, 0.717) is 24.4 Å². The monoisotopic (exact) mass is 275 g/mol. The quantitative estimate of drug-likeness (QED) is 0.839. The van der Waals surface area contributed by atoms with Gasteiger partial charge in [0.2, 0.25) is 5.91 Å². The number of hydrogen-bond acceptors (Lipinski definition) is 3. The number of amides is 1. The smallest absolute Gasteiger partial charge is 0.236 e. The fraction of sp³-hybridized carbons (Fsp3) is 0.923. The number of likely N-dealkylation sites (tertiary alicyclic amines) is 2. The first-order valence-electron chi connectivity index (χ1n) is 6.92. The van der Waals surface area contributed by atoms with Crippen LogP contribution in [0.3, 0.4) is 0 Å². The van der Waals surface area contributed by atoms with Crippen LogP contribution >= 0.6 is 12.4 Å².